The average Bonchev–Trinajstić information content (AvgIpc) is 3.16. The highest BCUT2D eigenvalue weighted by atomic mass is 35.5. The van der Waals surface area contributed by atoms with E-state index in [1.807, 2.05) is 24.3 Å². The lowest BCUT2D eigenvalue weighted by Gasteiger charge is -2.27. The van der Waals surface area contributed by atoms with Gasteiger partial charge in [0.25, 0.3) is 0 Å². The lowest BCUT2D eigenvalue weighted by Crippen LogP contribution is -2.29. The van der Waals surface area contributed by atoms with Crippen molar-refractivity contribution >= 4 is 24.0 Å². The fourth-order valence-electron chi connectivity index (χ4n) is 2.79. The third-order valence-electron chi connectivity index (χ3n) is 4.26. The first-order chi connectivity index (χ1) is 13.2. The summed E-state index contributed by atoms with van der Waals surface area (Å²) >= 11 is 6.12. The lowest BCUT2D eigenvalue weighted by atomic mass is 10.1. The molecule has 0 fully saturated rings. The van der Waals surface area contributed by atoms with Crippen LogP contribution in [0.15, 0.2) is 47.2 Å². The second-order valence-corrected chi connectivity index (χ2v) is 6.46. The molecule has 150 valence electrons. The molecular formula is C19H23Cl2N5O2. The molecule has 0 radical (unpaired) electrons. The minimum atomic E-state index is 0. The van der Waals surface area contributed by atoms with E-state index < -0.39 is 0 Å². The van der Waals surface area contributed by atoms with Gasteiger partial charge < -0.3 is 9.26 Å². The van der Waals surface area contributed by atoms with Crippen molar-refractivity contribution in [2.75, 3.05) is 20.3 Å². The van der Waals surface area contributed by atoms with E-state index in [2.05, 4.69) is 31.9 Å². The van der Waals surface area contributed by atoms with E-state index in [0.717, 1.165) is 18.7 Å². The maximum absolute atomic E-state index is 6.12. The second kappa shape index (κ2) is 11.1. The van der Waals surface area contributed by atoms with Gasteiger partial charge in [0.05, 0.1) is 17.8 Å². The SMILES string of the molecule is COCCCN(Cc1nc(-c2cccnc2Cl)no1)C(C)c1ccccn1.Cl. The van der Waals surface area contributed by atoms with Gasteiger partial charge >= 0.3 is 0 Å². The molecule has 28 heavy (non-hydrogen) atoms. The normalized spacial score (nSPS) is 12.0. The van der Waals surface area contributed by atoms with Crippen LogP contribution >= 0.6 is 24.0 Å². The van der Waals surface area contributed by atoms with Crippen molar-refractivity contribution < 1.29 is 9.26 Å². The molecule has 3 aromatic rings. The predicted molar refractivity (Wildman–Crippen MR) is 109 cm³/mol. The van der Waals surface area contributed by atoms with Crippen molar-refractivity contribution in [2.45, 2.75) is 25.9 Å². The van der Waals surface area contributed by atoms with Crippen molar-refractivity contribution in [3.63, 3.8) is 0 Å². The summed E-state index contributed by atoms with van der Waals surface area (Å²) in [6.07, 6.45) is 4.32. The van der Waals surface area contributed by atoms with Crippen LogP contribution < -0.4 is 0 Å². The molecule has 3 heterocycles. The Morgan fingerprint density at radius 3 is 2.71 bits per heavy atom. The first kappa shape index (κ1) is 22.2. The second-order valence-electron chi connectivity index (χ2n) is 6.10. The number of hydrogen-bond acceptors (Lipinski definition) is 7. The van der Waals surface area contributed by atoms with Gasteiger partial charge in [0.1, 0.15) is 5.15 Å². The largest absolute Gasteiger partial charge is 0.385 e. The van der Waals surface area contributed by atoms with Crippen LogP contribution in [0.1, 0.15) is 31.0 Å². The lowest BCUT2D eigenvalue weighted by molar-refractivity contribution is 0.137. The quantitative estimate of drug-likeness (QED) is 0.376. The van der Waals surface area contributed by atoms with E-state index in [1.54, 1.807) is 25.6 Å². The molecule has 0 aliphatic heterocycles. The Labute approximate surface area is 175 Å². The Bertz CT molecular complexity index is 847. The summed E-state index contributed by atoms with van der Waals surface area (Å²) in [5.41, 5.74) is 1.64. The molecule has 0 amide bonds. The van der Waals surface area contributed by atoms with Crippen LogP contribution in [0.2, 0.25) is 5.15 Å². The molecule has 9 heteroatoms. The molecule has 0 N–H and O–H groups in total. The molecule has 3 aromatic heterocycles. The monoisotopic (exact) mass is 423 g/mol. The van der Waals surface area contributed by atoms with Gasteiger partial charge in [0.2, 0.25) is 11.7 Å². The summed E-state index contributed by atoms with van der Waals surface area (Å²) in [7, 11) is 1.70. The summed E-state index contributed by atoms with van der Waals surface area (Å²) in [5.74, 6) is 0.954. The molecule has 0 saturated heterocycles. The zero-order valence-electron chi connectivity index (χ0n) is 15.8. The molecule has 0 aromatic carbocycles. The summed E-state index contributed by atoms with van der Waals surface area (Å²) in [6.45, 7) is 4.12. The smallest absolute Gasteiger partial charge is 0.241 e. The fraction of sp³-hybridized carbons (Fsp3) is 0.368. The number of ether oxygens (including phenoxy) is 1. The Morgan fingerprint density at radius 2 is 2.00 bits per heavy atom. The third kappa shape index (κ3) is 5.72. The Balaban J connectivity index is 0.00000280. The molecule has 0 spiro atoms. The van der Waals surface area contributed by atoms with E-state index in [1.165, 1.54) is 0 Å². The maximum Gasteiger partial charge on any atom is 0.241 e. The number of nitrogens with zero attached hydrogens (tertiary/aromatic N) is 5. The molecule has 0 aliphatic carbocycles. The van der Waals surface area contributed by atoms with Crippen LogP contribution in [0.3, 0.4) is 0 Å². The maximum atomic E-state index is 6.12. The van der Waals surface area contributed by atoms with E-state index in [9.17, 15) is 0 Å². The fourth-order valence-corrected chi connectivity index (χ4v) is 2.99. The molecule has 3 rings (SSSR count). The topological polar surface area (TPSA) is 77.2 Å². The number of halogens is 2. The van der Waals surface area contributed by atoms with Gasteiger partial charge in [-0.25, -0.2) is 4.98 Å². The number of hydrogen-bond donors (Lipinski definition) is 0. The van der Waals surface area contributed by atoms with Gasteiger partial charge in [-0.15, -0.1) is 12.4 Å². The summed E-state index contributed by atoms with van der Waals surface area (Å²) in [6, 6.07) is 9.62. The standard InChI is InChI=1S/C19H22ClN5O2.ClH/c1-14(16-8-3-4-9-21-16)25(11-6-12-26-2)13-17-23-19(24-27-17)15-7-5-10-22-18(15)20;/h3-5,7-10,14H,6,11-13H2,1-2H3;1H. The summed E-state index contributed by atoms with van der Waals surface area (Å²) < 4.78 is 10.6. The first-order valence-corrected chi connectivity index (χ1v) is 9.14. The Kier molecular flexibility index (Phi) is 8.79. The number of methoxy groups -OCH3 is 1. The molecule has 0 bridgehead atoms. The van der Waals surface area contributed by atoms with Crippen LogP contribution in [0.25, 0.3) is 11.4 Å². The van der Waals surface area contributed by atoms with Gasteiger partial charge in [-0.2, -0.15) is 4.98 Å². The van der Waals surface area contributed by atoms with Crippen molar-refractivity contribution in [3.8, 4) is 11.4 Å². The van der Waals surface area contributed by atoms with Crippen LogP contribution in [0.5, 0.6) is 0 Å². The predicted octanol–water partition coefficient (Wildman–Crippen LogP) is 4.20. The van der Waals surface area contributed by atoms with Crippen molar-refractivity contribution in [1.29, 1.82) is 0 Å². The molecule has 1 unspecified atom stereocenters. The van der Waals surface area contributed by atoms with Gasteiger partial charge in [0, 0.05) is 38.7 Å². The van der Waals surface area contributed by atoms with Gasteiger partial charge in [-0.3, -0.25) is 9.88 Å². The highest BCUT2D eigenvalue weighted by Crippen LogP contribution is 2.25. The third-order valence-corrected chi connectivity index (χ3v) is 4.56. The van der Waals surface area contributed by atoms with Gasteiger partial charge in [0.15, 0.2) is 0 Å². The molecule has 0 aliphatic rings. The van der Waals surface area contributed by atoms with Gasteiger partial charge in [-0.05, 0) is 37.6 Å². The summed E-state index contributed by atoms with van der Waals surface area (Å²) in [4.78, 5) is 15.3. The molecule has 1 atom stereocenters. The van der Waals surface area contributed by atoms with Gasteiger partial charge in [-0.1, -0.05) is 22.8 Å². The zero-order valence-corrected chi connectivity index (χ0v) is 17.4. The van der Waals surface area contributed by atoms with Crippen LogP contribution in [-0.4, -0.2) is 45.3 Å². The number of pyridine rings is 2. The minimum absolute atomic E-state index is 0. The molecular weight excluding hydrogens is 401 g/mol. The molecule has 0 saturated carbocycles. The van der Waals surface area contributed by atoms with E-state index in [0.29, 0.717) is 35.6 Å². The highest BCUT2D eigenvalue weighted by Gasteiger charge is 2.20. The van der Waals surface area contributed by atoms with E-state index >= 15 is 0 Å². The Hall–Kier alpha value is -2.06. The first-order valence-electron chi connectivity index (χ1n) is 8.76. The van der Waals surface area contributed by atoms with Crippen LogP contribution in [0, 0.1) is 0 Å². The zero-order chi connectivity index (χ0) is 19.1. The Morgan fingerprint density at radius 1 is 1.18 bits per heavy atom. The molecule has 7 nitrogen and oxygen atoms in total. The minimum Gasteiger partial charge on any atom is -0.385 e. The number of aromatic nitrogens is 4. The van der Waals surface area contributed by atoms with Crippen LogP contribution in [-0.2, 0) is 11.3 Å². The highest BCUT2D eigenvalue weighted by molar-refractivity contribution is 6.31. The number of rotatable bonds is 9. The van der Waals surface area contributed by atoms with Crippen molar-refractivity contribution in [1.82, 2.24) is 25.0 Å². The van der Waals surface area contributed by atoms with Crippen molar-refractivity contribution in [2.24, 2.45) is 0 Å². The van der Waals surface area contributed by atoms with Crippen LogP contribution in [0.4, 0.5) is 0 Å². The van der Waals surface area contributed by atoms with E-state index in [-0.39, 0.29) is 18.4 Å². The van der Waals surface area contributed by atoms with Crippen molar-refractivity contribution in [3.05, 3.63) is 59.5 Å². The average molecular weight is 424 g/mol. The summed E-state index contributed by atoms with van der Waals surface area (Å²) in [5, 5.41) is 4.40. The van der Waals surface area contributed by atoms with E-state index in [4.69, 9.17) is 20.9 Å².